The number of amidine groups is 1. The highest BCUT2D eigenvalue weighted by Crippen LogP contribution is 2.15. The Morgan fingerprint density at radius 2 is 2.22 bits per heavy atom. The van der Waals surface area contributed by atoms with E-state index in [1.165, 1.54) is 12.1 Å². The minimum atomic E-state index is -0.617. The quantitative estimate of drug-likeness (QED) is 0.367. The first kappa shape index (κ1) is 14.0. The van der Waals surface area contributed by atoms with Gasteiger partial charge in [0, 0.05) is 12.1 Å². The van der Waals surface area contributed by atoms with Gasteiger partial charge in [-0.2, -0.15) is 0 Å². The Hall–Kier alpha value is -2.11. The number of halogens is 1. The van der Waals surface area contributed by atoms with E-state index in [0.717, 1.165) is 18.9 Å². The van der Waals surface area contributed by atoms with E-state index < -0.39 is 11.8 Å². The minimum Gasteiger partial charge on any atom is -0.384 e. The smallest absolute Gasteiger partial charge is 0.319 e. The van der Waals surface area contributed by atoms with E-state index >= 15 is 0 Å². The zero-order valence-electron chi connectivity index (χ0n) is 10.2. The van der Waals surface area contributed by atoms with E-state index in [0.29, 0.717) is 6.54 Å². The maximum Gasteiger partial charge on any atom is 0.319 e. The molecule has 0 spiro atoms. The summed E-state index contributed by atoms with van der Waals surface area (Å²) < 4.78 is 13.6. The zero-order chi connectivity index (χ0) is 13.5. The van der Waals surface area contributed by atoms with Gasteiger partial charge in [-0.3, -0.25) is 5.41 Å². The number of rotatable bonds is 5. The molecule has 0 atom stereocenters. The Labute approximate surface area is 105 Å². The molecular weight excluding hydrogens is 235 g/mol. The molecule has 0 saturated carbocycles. The summed E-state index contributed by atoms with van der Waals surface area (Å²) in [5.41, 5.74) is 5.58. The molecule has 0 unspecified atom stereocenters. The van der Waals surface area contributed by atoms with Crippen LogP contribution in [0.2, 0.25) is 0 Å². The molecule has 0 aliphatic carbocycles. The van der Waals surface area contributed by atoms with Gasteiger partial charge in [-0.05, 0) is 24.6 Å². The van der Waals surface area contributed by atoms with Crippen LogP contribution in [0.25, 0.3) is 0 Å². The molecule has 0 saturated heterocycles. The third-order valence-electron chi connectivity index (χ3n) is 2.34. The van der Waals surface area contributed by atoms with Gasteiger partial charge in [-0.1, -0.05) is 13.3 Å². The second-order valence-electron chi connectivity index (χ2n) is 3.84. The lowest BCUT2D eigenvalue weighted by atomic mass is 10.2. The summed E-state index contributed by atoms with van der Waals surface area (Å²) >= 11 is 0. The van der Waals surface area contributed by atoms with Crippen LogP contribution < -0.4 is 16.4 Å². The lowest BCUT2D eigenvalue weighted by molar-refractivity contribution is 0.252. The second-order valence-corrected chi connectivity index (χ2v) is 3.84. The van der Waals surface area contributed by atoms with Crippen molar-refractivity contribution in [2.75, 3.05) is 11.9 Å². The van der Waals surface area contributed by atoms with E-state index in [9.17, 15) is 9.18 Å². The molecule has 1 aromatic carbocycles. The van der Waals surface area contributed by atoms with E-state index in [4.69, 9.17) is 11.1 Å². The molecule has 98 valence electrons. The summed E-state index contributed by atoms with van der Waals surface area (Å²) in [6, 6.07) is 3.53. The molecule has 0 bridgehead atoms. The molecule has 0 radical (unpaired) electrons. The molecule has 18 heavy (non-hydrogen) atoms. The normalized spacial score (nSPS) is 9.89. The third kappa shape index (κ3) is 4.04. The molecule has 5 N–H and O–H groups in total. The summed E-state index contributed by atoms with van der Waals surface area (Å²) in [5, 5.41) is 12.2. The molecule has 6 heteroatoms. The van der Waals surface area contributed by atoms with Crippen LogP contribution in [0.3, 0.4) is 0 Å². The number of unbranched alkanes of at least 4 members (excludes halogenated alkanes) is 1. The van der Waals surface area contributed by atoms with Gasteiger partial charge in [-0.25, -0.2) is 9.18 Å². The minimum absolute atomic E-state index is 0.0639. The van der Waals surface area contributed by atoms with Gasteiger partial charge in [0.25, 0.3) is 0 Å². The summed E-state index contributed by atoms with van der Waals surface area (Å²) in [6.07, 6.45) is 1.85. The number of benzene rings is 1. The highest BCUT2D eigenvalue weighted by molar-refractivity contribution is 5.96. The monoisotopic (exact) mass is 252 g/mol. The summed E-state index contributed by atoms with van der Waals surface area (Å²) in [6.45, 7) is 2.56. The first-order chi connectivity index (χ1) is 8.54. The van der Waals surface area contributed by atoms with Gasteiger partial charge in [0.15, 0.2) is 0 Å². The fraction of sp³-hybridized carbons (Fsp3) is 0.333. The topological polar surface area (TPSA) is 91.0 Å². The van der Waals surface area contributed by atoms with Crippen LogP contribution in [0.5, 0.6) is 0 Å². The Morgan fingerprint density at radius 1 is 1.50 bits per heavy atom. The van der Waals surface area contributed by atoms with Crippen LogP contribution in [0.15, 0.2) is 18.2 Å². The van der Waals surface area contributed by atoms with Crippen LogP contribution in [-0.2, 0) is 0 Å². The number of amides is 2. The van der Waals surface area contributed by atoms with Crippen LogP contribution in [0, 0.1) is 11.2 Å². The molecule has 0 aromatic heterocycles. The van der Waals surface area contributed by atoms with Crippen molar-refractivity contribution >= 4 is 17.6 Å². The number of hydrogen-bond acceptors (Lipinski definition) is 2. The lowest BCUT2D eigenvalue weighted by Gasteiger charge is -2.08. The van der Waals surface area contributed by atoms with Gasteiger partial charge < -0.3 is 16.4 Å². The molecule has 2 amide bonds. The van der Waals surface area contributed by atoms with Crippen molar-refractivity contribution in [3.63, 3.8) is 0 Å². The first-order valence-electron chi connectivity index (χ1n) is 5.73. The van der Waals surface area contributed by atoms with Crippen LogP contribution >= 0.6 is 0 Å². The molecule has 0 aliphatic rings. The SMILES string of the molecule is CCCCNC(=O)Nc1ccc(C(=N)N)cc1F. The van der Waals surface area contributed by atoms with Crippen molar-refractivity contribution in [2.45, 2.75) is 19.8 Å². The number of nitrogen functional groups attached to an aromatic ring is 1. The Balaban J connectivity index is 2.62. The highest BCUT2D eigenvalue weighted by Gasteiger charge is 2.08. The first-order valence-corrected chi connectivity index (χ1v) is 5.73. The predicted molar refractivity (Wildman–Crippen MR) is 69.3 cm³/mol. The molecule has 1 rings (SSSR count). The van der Waals surface area contributed by atoms with Gasteiger partial charge in [0.2, 0.25) is 0 Å². The number of hydrogen-bond donors (Lipinski definition) is 4. The summed E-state index contributed by atoms with van der Waals surface area (Å²) in [5.74, 6) is -0.832. The van der Waals surface area contributed by atoms with Gasteiger partial charge in [0.1, 0.15) is 11.7 Å². The third-order valence-corrected chi connectivity index (χ3v) is 2.34. The molecular formula is C12H17FN4O. The van der Waals surface area contributed by atoms with Gasteiger partial charge in [-0.15, -0.1) is 0 Å². The average molecular weight is 252 g/mol. The van der Waals surface area contributed by atoms with Crippen molar-refractivity contribution in [1.29, 1.82) is 5.41 Å². The second kappa shape index (κ2) is 6.58. The van der Waals surface area contributed by atoms with Crippen molar-refractivity contribution in [3.8, 4) is 0 Å². The van der Waals surface area contributed by atoms with E-state index in [2.05, 4.69) is 10.6 Å². The Bertz CT molecular complexity index is 448. The molecule has 5 nitrogen and oxygen atoms in total. The van der Waals surface area contributed by atoms with Crippen LogP contribution in [0.1, 0.15) is 25.3 Å². The number of nitrogens with one attached hydrogen (secondary N) is 3. The molecule has 1 aromatic rings. The standard InChI is InChI=1S/C12H17FN4O/c1-2-3-6-16-12(18)17-10-5-4-8(11(14)15)7-9(10)13/h4-5,7H,2-3,6H2,1H3,(H3,14,15)(H2,16,17,18). The van der Waals surface area contributed by atoms with Gasteiger partial charge in [0.05, 0.1) is 5.69 Å². The average Bonchev–Trinajstić information content (AvgIpc) is 2.32. The zero-order valence-corrected chi connectivity index (χ0v) is 10.2. The summed E-state index contributed by atoms with van der Waals surface area (Å²) in [7, 11) is 0. The Kier molecular flexibility index (Phi) is 5.10. The molecule has 0 heterocycles. The van der Waals surface area contributed by atoms with E-state index in [-0.39, 0.29) is 17.1 Å². The number of urea groups is 1. The van der Waals surface area contributed by atoms with Crippen molar-refractivity contribution in [3.05, 3.63) is 29.6 Å². The maximum absolute atomic E-state index is 13.6. The maximum atomic E-state index is 13.6. The van der Waals surface area contributed by atoms with Gasteiger partial charge >= 0.3 is 6.03 Å². The van der Waals surface area contributed by atoms with Crippen molar-refractivity contribution in [1.82, 2.24) is 5.32 Å². The summed E-state index contributed by atoms with van der Waals surface area (Å²) in [4.78, 5) is 11.4. The number of nitrogens with two attached hydrogens (primary N) is 1. The number of carbonyl (C=O) groups excluding carboxylic acids is 1. The fourth-order valence-electron chi connectivity index (χ4n) is 1.33. The highest BCUT2D eigenvalue weighted by atomic mass is 19.1. The number of carbonyl (C=O) groups is 1. The number of anilines is 1. The van der Waals surface area contributed by atoms with Crippen molar-refractivity contribution < 1.29 is 9.18 Å². The Morgan fingerprint density at radius 3 is 2.78 bits per heavy atom. The van der Waals surface area contributed by atoms with Crippen LogP contribution in [-0.4, -0.2) is 18.4 Å². The fourth-order valence-corrected chi connectivity index (χ4v) is 1.33. The largest absolute Gasteiger partial charge is 0.384 e. The molecule has 0 aliphatic heterocycles. The van der Waals surface area contributed by atoms with E-state index in [1.807, 2.05) is 6.92 Å². The van der Waals surface area contributed by atoms with Crippen molar-refractivity contribution in [2.24, 2.45) is 5.73 Å². The lowest BCUT2D eigenvalue weighted by Crippen LogP contribution is -2.29. The van der Waals surface area contributed by atoms with Crippen LogP contribution in [0.4, 0.5) is 14.9 Å². The molecule has 0 fully saturated rings. The predicted octanol–water partition coefficient (Wildman–Crippen LogP) is 2.03. The van der Waals surface area contributed by atoms with E-state index in [1.54, 1.807) is 0 Å².